The van der Waals surface area contributed by atoms with Crippen LogP contribution >= 0.6 is 0 Å². The van der Waals surface area contributed by atoms with Crippen LogP contribution in [0.25, 0.3) is 10.9 Å². The zero-order valence-electron chi connectivity index (χ0n) is 11.7. The van der Waals surface area contributed by atoms with Crippen molar-refractivity contribution in [2.45, 2.75) is 19.3 Å². The Bertz CT molecular complexity index is 577. The lowest BCUT2D eigenvalue weighted by molar-refractivity contribution is 0.237. The SMILES string of the molecule is Nc1nc(NCCN2CCCCC2)c2ccccc2n1. The molecular formula is C15H21N5. The molecule has 20 heavy (non-hydrogen) atoms. The maximum atomic E-state index is 5.77. The van der Waals surface area contributed by atoms with E-state index in [2.05, 4.69) is 20.2 Å². The van der Waals surface area contributed by atoms with Crippen LogP contribution in [0.3, 0.4) is 0 Å². The first-order valence-corrected chi connectivity index (χ1v) is 7.31. The Morgan fingerprint density at radius 2 is 1.90 bits per heavy atom. The van der Waals surface area contributed by atoms with E-state index in [9.17, 15) is 0 Å². The van der Waals surface area contributed by atoms with Crippen LogP contribution in [0.4, 0.5) is 11.8 Å². The Morgan fingerprint density at radius 3 is 2.75 bits per heavy atom. The second-order valence-electron chi connectivity index (χ2n) is 5.28. The van der Waals surface area contributed by atoms with Crippen molar-refractivity contribution in [3.05, 3.63) is 24.3 Å². The summed E-state index contributed by atoms with van der Waals surface area (Å²) in [4.78, 5) is 11.1. The van der Waals surface area contributed by atoms with Crippen molar-refractivity contribution >= 4 is 22.7 Å². The highest BCUT2D eigenvalue weighted by atomic mass is 15.2. The highest BCUT2D eigenvalue weighted by Gasteiger charge is 2.10. The first kappa shape index (κ1) is 13.1. The van der Waals surface area contributed by atoms with Crippen molar-refractivity contribution in [2.75, 3.05) is 37.2 Å². The number of rotatable bonds is 4. The van der Waals surface area contributed by atoms with Crippen LogP contribution in [0.5, 0.6) is 0 Å². The largest absolute Gasteiger partial charge is 0.368 e. The zero-order valence-corrected chi connectivity index (χ0v) is 11.7. The Morgan fingerprint density at radius 1 is 1.10 bits per heavy atom. The molecule has 1 aliphatic heterocycles. The summed E-state index contributed by atoms with van der Waals surface area (Å²) < 4.78 is 0. The molecule has 0 radical (unpaired) electrons. The number of piperidine rings is 1. The maximum absolute atomic E-state index is 5.77. The monoisotopic (exact) mass is 271 g/mol. The summed E-state index contributed by atoms with van der Waals surface area (Å²) in [5, 5.41) is 4.43. The van der Waals surface area contributed by atoms with E-state index >= 15 is 0 Å². The predicted octanol–water partition coefficient (Wildman–Crippen LogP) is 2.11. The number of likely N-dealkylation sites (tertiary alicyclic amines) is 1. The number of nitrogens with two attached hydrogens (primary N) is 1. The molecule has 0 amide bonds. The minimum atomic E-state index is 0.323. The third-order valence-corrected chi connectivity index (χ3v) is 3.79. The molecule has 2 heterocycles. The van der Waals surface area contributed by atoms with Gasteiger partial charge in [-0.15, -0.1) is 0 Å². The van der Waals surface area contributed by atoms with Crippen LogP contribution in [0, 0.1) is 0 Å². The van der Waals surface area contributed by atoms with Gasteiger partial charge in [0.15, 0.2) is 0 Å². The van der Waals surface area contributed by atoms with Crippen molar-refractivity contribution in [2.24, 2.45) is 0 Å². The molecule has 3 N–H and O–H groups in total. The lowest BCUT2D eigenvalue weighted by atomic mass is 10.1. The van der Waals surface area contributed by atoms with Crippen LogP contribution in [0.1, 0.15) is 19.3 Å². The van der Waals surface area contributed by atoms with Crippen LogP contribution in [-0.4, -0.2) is 41.0 Å². The number of fused-ring (bicyclic) bond motifs is 1. The molecule has 0 atom stereocenters. The highest BCUT2D eigenvalue weighted by molar-refractivity contribution is 5.89. The van der Waals surface area contributed by atoms with E-state index in [0.29, 0.717) is 5.95 Å². The fraction of sp³-hybridized carbons (Fsp3) is 0.467. The van der Waals surface area contributed by atoms with Gasteiger partial charge in [0, 0.05) is 18.5 Å². The molecule has 5 heteroatoms. The fourth-order valence-corrected chi connectivity index (χ4v) is 2.74. The summed E-state index contributed by atoms with van der Waals surface area (Å²) in [6.07, 6.45) is 4.02. The second-order valence-corrected chi connectivity index (χ2v) is 5.28. The number of aromatic nitrogens is 2. The molecule has 1 saturated heterocycles. The van der Waals surface area contributed by atoms with Gasteiger partial charge in [0.2, 0.25) is 5.95 Å². The summed E-state index contributed by atoms with van der Waals surface area (Å²) in [5.74, 6) is 1.16. The molecule has 3 rings (SSSR count). The third-order valence-electron chi connectivity index (χ3n) is 3.79. The standard InChI is InChI=1S/C15H21N5/c16-15-18-13-7-3-2-6-12(13)14(19-15)17-8-11-20-9-4-1-5-10-20/h2-3,6-7H,1,4-5,8-11H2,(H3,16,17,18,19). The van der Waals surface area contributed by atoms with E-state index in [4.69, 9.17) is 5.73 Å². The van der Waals surface area contributed by atoms with E-state index in [-0.39, 0.29) is 0 Å². The first-order chi connectivity index (χ1) is 9.83. The molecule has 106 valence electrons. The van der Waals surface area contributed by atoms with E-state index in [1.54, 1.807) is 0 Å². The van der Waals surface area contributed by atoms with Gasteiger partial charge in [-0.1, -0.05) is 18.6 Å². The van der Waals surface area contributed by atoms with Crippen molar-refractivity contribution in [1.82, 2.24) is 14.9 Å². The van der Waals surface area contributed by atoms with E-state index in [1.165, 1.54) is 32.4 Å². The number of hydrogen-bond acceptors (Lipinski definition) is 5. The molecule has 0 aliphatic carbocycles. The minimum absolute atomic E-state index is 0.323. The van der Waals surface area contributed by atoms with Gasteiger partial charge in [0.05, 0.1) is 5.52 Å². The summed E-state index contributed by atoms with van der Waals surface area (Å²) in [7, 11) is 0. The van der Waals surface area contributed by atoms with Gasteiger partial charge in [-0.05, 0) is 38.1 Å². The summed E-state index contributed by atoms with van der Waals surface area (Å²) in [6.45, 7) is 4.38. The first-order valence-electron chi connectivity index (χ1n) is 7.31. The summed E-state index contributed by atoms with van der Waals surface area (Å²) in [5.41, 5.74) is 6.66. The number of benzene rings is 1. The molecule has 1 fully saturated rings. The number of nitrogens with zero attached hydrogens (tertiary/aromatic N) is 3. The Labute approximate surface area is 119 Å². The maximum Gasteiger partial charge on any atom is 0.222 e. The van der Waals surface area contributed by atoms with Gasteiger partial charge < -0.3 is 16.0 Å². The van der Waals surface area contributed by atoms with Gasteiger partial charge in [-0.2, -0.15) is 4.98 Å². The molecule has 0 unspecified atom stereocenters. The van der Waals surface area contributed by atoms with E-state index < -0.39 is 0 Å². The average molecular weight is 271 g/mol. The molecule has 1 aliphatic rings. The van der Waals surface area contributed by atoms with Crippen molar-refractivity contribution in [1.29, 1.82) is 0 Å². The van der Waals surface area contributed by atoms with E-state index in [1.807, 2.05) is 24.3 Å². The quantitative estimate of drug-likeness (QED) is 0.891. The van der Waals surface area contributed by atoms with Crippen molar-refractivity contribution in [3.8, 4) is 0 Å². The van der Waals surface area contributed by atoms with Gasteiger partial charge in [0.25, 0.3) is 0 Å². The molecule has 1 aromatic heterocycles. The average Bonchev–Trinajstić information content (AvgIpc) is 2.48. The van der Waals surface area contributed by atoms with E-state index in [0.717, 1.165) is 29.8 Å². The van der Waals surface area contributed by atoms with Crippen molar-refractivity contribution in [3.63, 3.8) is 0 Å². The summed E-state index contributed by atoms with van der Waals surface area (Å²) in [6, 6.07) is 7.95. The lowest BCUT2D eigenvalue weighted by Gasteiger charge is -2.26. The summed E-state index contributed by atoms with van der Waals surface area (Å²) >= 11 is 0. The number of nitrogen functional groups attached to an aromatic ring is 1. The minimum Gasteiger partial charge on any atom is -0.368 e. The van der Waals surface area contributed by atoms with Crippen LogP contribution in [-0.2, 0) is 0 Å². The van der Waals surface area contributed by atoms with Gasteiger partial charge >= 0.3 is 0 Å². The topological polar surface area (TPSA) is 67.1 Å². The molecule has 0 bridgehead atoms. The Kier molecular flexibility index (Phi) is 3.97. The predicted molar refractivity (Wildman–Crippen MR) is 82.7 cm³/mol. The second kappa shape index (κ2) is 6.05. The third kappa shape index (κ3) is 2.99. The van der Waals surface area contributed by atoms with Crippen LogP contribution in [0.2, 0.25) is 0 Å². The molecule has 1 aromatic carbocycles. The molecule has 0 saturated carbocycles. The molecule has 0 spiro atoms. The van der Waals surface area contributed by atoms with Crippen LogP contribution < -0.4 is 11.1 Å². The van der Waals surface area contributed by atoms with Crippen molar-refractivity contribution < 1.29 is 0 Å². The fourth-order valence-electron chi connectivity index (χ4n) is 2.74. The van der Waals surface area contributed by atoms with Gasteiger partial charge in [-0.3, -0.25) is 0 Å². The normalized spacial score (nSPS) is 16.4. The zero-order chi connectivity index (χ0) is 13.8. The number of hydrogen-bond donors (Lipinski definition) is 2. The van der Waals surface area contributed by atoms with Gasteiger partial charge in [0.1, 0.15) is 5.82 Å². The number of nitrogens with one attached hydrogen (secondary N) is 1. The Hall–Kier alpha value is -1.88. The smallest absolute Gasteiger partial charge is 0.222 e. The molecule has 2 aromatic rings. The number of anilines is 2. The molecule has 5 nitrogen and oxygen atoms in total. The molecular weight excluding hydrogens is 250 g/mol. The van der Waals surface area contributed by atoms with Gasteiger partial charge in [-0.25, -0.2) is 4.98 Å². The van der Waals surface area contributed by atoms with Crippen LogP contribution in [0.15, 0.2) is 24.3 Å². The number of para-hydroxylation sites is 1. The lowest BCUT2D eigenvalue weighted by Crippen LogP contribution is -2.33. The Balaban J connectivity index is 1.67. The highest BCUT2D eigenvalue weighted by Crippen LogP contribution is 2.20.